The van der Waals surface area contributed by atoms with E-state index in [-0.39, 0.29) is 18.2 Å². The summed E-state index contributed by atoms with van der Waals surface area (Å²) >= 11 is 0. The van der Waals surface area contributed by atoms with Crippen molar-refractivity contribution >= 4 is 5.97 Å². The molecule has 0 radical (unpaired) electrons. The topological polar surface area (TPSA) is 73.6 Å². The highest BCUT2D eigenvalue weighted by Gasteiger charge is 2.14. The molecule has 0 aliphatic rings. The summed E-state index contributed by atoms with van der Waals surface area (Å²) in [7, 11) is 1.60. The van der Waals surface area contributed by atoms with Gasteiger partial charge in [-0.05, 0) is 24.6 Å². The highest BCUT2D eigenvalue weighted by molar-refractivity contribution is 5.87. The van der Waals surface area contributed by atoms with Crippen molar-refractivity contribution in [3.8, 4) is 11.6 Å². The number of carbonyl (C=O) groups excluding carboxylic acids is 1. The Morgan fingerprint density at radius 2 is 2.05 bits per heavy atom. The zero-order valence-electron chi connectivity index (χ0n) is 11.4. The van der Waals surface area contributed by atoms with Crippen LogP contribution in [0.2, 0.25) is 0 Å². The molecular weight excluding hydrogens is 260 g/mol. The Bertz CT molecular complexity index is 590. The predicted octanol–water partition coefficient (Wildman–Crippen LogP) is 1.82. The summed E-state index contributed by atoms with van der Waals surface area (Å²) in [6.45, 7) is 2.34. The minimum absolute atomic E-state index is 0.0797. The van der Waals surface area contributed by atoms with Crippen molar-refractivity contribution in [3.05, 3.63) is 41.6 Å². The van der Waals surface area contributed by atoms with Crippen LogP contribution >= 0.6 is 0 Å². The van der Waals surface area contributed by atoms with E-state index in [2.05, 4.69) is 5.10 Å². The van der Waals surface area contributed by atoms with Crippen molar-refractivity contribution in [2.24, 2.45) is 0 Å². The predicted molar refractivity (Wildman–Crippen MR) is 71.9 cm³/mol. The van der Waals surface area contributed by atoms with Crippen LogP contribution in [-0.4, -0.2) is 34.6 Å². The summed E-state index contributed by atoms with van der Waals surface area (Å²) in [5.41, 5.74) is 1.03. The van der Waals surface area contributed by atoms with Crippen LogP contribution in [0, 0.1) is 0 Å². The van der Waals surface area contributed by atoms with Crippen LogP contribution in [-0.2, 0) is 11.3 Å². The quantitative estimate of drug-likeness (QED) is 0.843. The summed E-state index contributed by atoms with van der Waals surface area (Å²) < 4.78 is 11.2. The molecule has 20 heavy (non-hydrogen) atoms. The third kappa shape index (κ3) is 3.09. The van der Waals surface area contributed by atoms with E-state index < -0.39 is 5.97 Å². The van der Waals surface area contributed by atoms with Gasteiger partial charge in [-0.15, -0.1) is 0 Å². The van der Waals surface area contributed by atoms with Crippen molar-refractivity contribution in [3.63, 3.8) is 0 Å². The van der Waals surface area contributed by atoms with E-state index in [0.717, 1.165) is 11.3 Å². The molecule has 106 valence electrons. The van der Waals surface area contributed by atoms with E-state index in [1.165, 1.54) is 10.7 Å². The zero-order chi connectivity index (χ0) is 14.5. The fraction of sp³-hybridized carbons (Fsp3) is 0.286. The van der Waals surface area contributed by atoms with Crippen molar-refractivity contribution < 1.29 is 19.4 Å². The van der Waals surface area contributed by atoms with E-state index in [1.807, 2.05) is 24.3 Å². The lowest BCUT2D eigenvalue weighted by Gasteiger charge is -2.05. The van der Waals surface area contributed by atoms with Gasteiger partial charge in [-0.25, -0.2) is 9.48 Å². The van der Waals surface area contributed by atoms with Crippen LogP contribution in [0.1, 0.15) is 23.0 Å². The minimum atomic E-state index is -0.545. The number of benzene rings is 1. The average Bonchev–Trinajstić information content (AvgIpc) is 2.81. The number of aromatic hydroxyl groups is 1. The second-order valence-corrected chi connectivity index (χ2v) is 4.11. The molecule has 1 aromatic carbocycles. The second kappa shape index (κ2) is 6.10. The summed E-state index contributed by atoms with van der Waals surface area (Å²) in [6.07, 6.45) is 0. The zero-order valence-corrected chi connectivity index (χ0v) is 11.4. The highest BCUT2D eigenvalue weighted by atomic mass is 16.5. The van der Waals surface area contributed by atoms with Crippen LogP contribution in [0.25, 0.3) is 0 Å². The molecule has 1 heterocycles. The molecule has 6 heteroatoms. The van der Waals surface area contributed by atoms with Crippen molar-refractivity contribution in [1.82, 2.24) is 9.78 Å². The van der Waals surface area contributed by atoms with E-state index in [0.29, 0.717) is 6.54 Å². The lowest BCUT2D eigenvalue weighted by Crippen LogP contribution is -2.07. The van der Waals surface area contributed by atoms with Crippen LogP contribution in [0.4, 0.5) is 0 Å². The Morgan fingerprint density at radius 1 is 1.35 bits per heavy atom. The Hall–Kier alpha value is -2.50. The van der Waals surface area contributed by atoms with Gasteiger partial charge in [-0.3, -0.25) is 0 Å². The minimum Gasteiger partial charge on any atom is -0.497 e. The van der Waals surface area contributed by atoms with Gasteiger partial charge in [0, 0.05) is 6.07 Å². The molecule has 0 amide bonds. The number of esters is 1. The molecule has 2 aromatic rings. The van der Waals surface area contributed by atoms with Gasteiger partial charge in [0.15, 0.2) is 5.69 Å². The first-order valence-electron chi connectivity index (χ1n) is 6.21. The van der Waals surface area contributed by atoms with E-state index in [9.17, 15) is 9.90 Å². The maximum Gasteiger partial charge on any atom is 0.358 e. The standard InChI is InChI=1S/C14H16N2O4/c1-3-20-14(18)12-8-13(17)16(15-12)9-10-4-6-11(19-2)7-5-10/h4-8,17H,3,9H2,1-2H3. The molecule has 0 saturated heterocycles. The molecule has 0 aliphatic carbocycles. The molecule has 1 aromatic heterocycles. The van der Waals surface area contributed by atoms with Gasteiger partial charge in [-0.2, -0.15) is 5.10 Å². The number of methoxy groups -OCH3 is 1. The smallest absolute Gasteiger partial charge is 0.358 e. The number of hydrogen-bond acceptors (Lipinski definition) is 5. The molecule has 0 spiro atoms. The molecule has 1 N–H and O–H groups in total. The lowest BCUT2D eigenvalue weighted by molar-refractivity contribution is 0.0518. The third-order valence-corrected chi connectivity index (χ3v) is 2.73. The van der Waals surface area contributed by atoms with Gasteiger partial charge in [0.05, 0.1) is 20.3 Å². The molecule has 0 fully saturated rings. The summed E-state index contributed by atoms with van der Waals surface area (Å²) in [4.78, 5) is 11.5. The summed E-state index contributed by atoms with van der Waals surface area (Å²) in [5, 5.41) is 13.8. The first-order chi connectivity index (χ1) is 9.63. The SMILES string of the molecule is CCOC(=O)c1cc(O)n(Cc2ccc(OC)cc2)n1. The maximum atomic E-state index is 11.5. The number of carbonyl (C=O) groups is 1. The van der Waals surface area contributed by atoms with Gasteiger partial charge in [0.25, 0.3) is 0 Å². The summed E-state index contributed by atoms with van der Waals surface area (Å²) in [6, 6.07) is 8.67. The maximum absolute atomic E-state index is 11.5. The van der Waals surface area contributed by atoms with Crippen LogP contribution in [0.3, 0.4) is 0 Å². The largest absolute Gasteiger partial charge is 0.497 e. The van der Waals surface area contributed by atoms with E-state index in [4.69, 9.17) is 9.47 Å². The second-order valence-electron chi connectivity index (χ2n) is 4.11. The van der Waals surface area contributed by atoms with Gasteiger partial charge >= 0.3 is 5.97 Å². The number of aromatic nitrogens is 2. The molecule has 0 unspecified atom stereocenters. The molecule has 0 bridgehead atoms. The molecule has 6 nitrogen and oxygen atoms in total. The molecule has 0 aliphatic heterocycles. The molecule has 2 rings (SSSR count). The number of nitrogens with zero attached hydrogens (tertiary/aromatic N) is 2. The molecular formula is C14H16N2O4. The van der Waals surface area contributed by atoms with Gasteiger partial charge in [0.2, 0.25) is 5.88 Å². The first kappa shape index (κ1) is 13.9. The molecule has 0 atom stereocenters. The van der Waals surface area contributed by atoms with Crippen LogP contribution in [0.5, 0.6) is 11.6 Å². The third-order valence-electron chi connectivity index (χ3n) is 2.73. The number of hydrogen-bond donors (Lipinski definition) is 1. The van der Waals surface area contributed by atoms with Gasteiger partial charge in [0.1, 0.15) is 5.75 Å². The molecule has 0 saturated carbocycles. The highest BCUT2D eigenvalue weighted by Crippen LogP contribution is 2.17. The number of rotatable bonds is 5. The monoisotopic (exact) mass is 276 g/mol. The Balaban J connectivity index is 2.14. The lowest BCUT2D eigenvalue weighted by atomic mass is 10.2. The first-order valence-corrected chi connectivity index (χ1v) is 6.21. The van der Waals surface area contributed by atoms with Crippen LogP contribution < -0.4 is 4.74 Å². The normalized spacial score (nSPS) is 10.3. The fourth-order valence-electron chi connectivity index (χ4n) is 1.73. The number of ether oxygens (including phenoxy) is 2. The Labute approximate surface area is 116 Å². The van der Waals surface area contributed by atoms with E-state index in [1.54, 1.807) is 14.0 Å². The van der Waals surface area contributed by atoms with Gasteiger partial charge < -0.3 is 14.6 Å². The Morgan fingerprint density at radius 3 is 2.65 bits per heavy atom. The van der Waals surface area contributed by atoms with Crippen molar-refractivity contribution in [2.75, 3.05) is 13.7 Å². The van der Waals surface area contributed by atoms with Crippen LogP contribution in [0.15, 0.2) is 30.3 Å². The summed E-state index contributed by atoms with van der Waals surface area (Å²) in [5.74, 6) is 0.130. The van der Waals surface area contributed by atoms with Gasteiger partial charge in [-0.1, -0.05) is 12.1 Å². The van der Waals surface area contributed by atoms with E-state index >= 15 is 0 Å². The fourth-order valence-corrected chi connectivity index (χ4v) is 1.73. The van der Waals surface area contributed by atoms with Crippen molar-refractivity contribution in [1.29, 1.82) is 0 Å². The van der Waals surface area contributed by atoms with Crippen molar-refractivity contribution in [2.45, 2.75) is 13.5 Å². The Kier molecular flexibility index (Phi) is 4.24. The average molecular weight is 276 g/mol.